The normalized spacial score (nSPS) is 23.8. The SMILES string of the molecule is C[C@H](Cc1ccc(O)cc1)NC(=O)N[C@@H]1CCOC2(CCCCC2)C1. The first kappa shape index (κ1) is 18.1. The van der Waals surface area contributed by atoms with Gasteiger partial charge >= 0.3 is 6.03 Å². The minimum absolute atomic E-state index is 0.00605. The van der Waals surface area contributed by atoms with E-state index in [1.165, 1.54) is 19.3 Å². The van der Waals surface area contributed by atoms with Crippen LogP contribution >= 0.6 is 0 Å². The first-order chi connectivity index (χ1) is 12.0. The van der Waals surface area contributed by atoms with Crippen molar-refractivity contribution < 1.29 is 14.6 Å². The molecule has 1 aliphatic heterocycles. The summed E-state index contributed by atoms with van der Waals surface area (Å²) in [5, 5.41) is 15.5. The number of nitrogens with one attached hydrogen (secondary N) is 2. The van der Waals surface area contributed by atoms with Crippen molar-refractivity contribution >= 4 is 6.03 Å². The largest absolute Gasteiger partial charge is 0.508 e. The molecule has 138 valence electrons. The lowest BCUT2D eigenvalue weighted by Crippen LogP contribution is -2.52. The summed E-state index contributed by atoms with van der Waals surface area (Å²) in [5.41, 5.74) is 1.10. The van der Waals surface area contributed by atoms with Crippen molar-refractivity contribution in [2.45, 2.75) is 76.0 Å². The van der Waals surface area contributed by atoms with E-state index in [0.29, 0.717) is 0 Å². The zero-order chi connectivity index (χ0) is 17.7. The van der Waals surface area contributed by atoms with Crippen molar-refractivity contribution in [3.05, 3.63) is 29.8 Å². The van der Waals surface area contributed by atoms with Crippen LogP contribution in [0.2, 0.25) is 0 Å². The van der Waals surface area contributed by atoms with Crippen molar-refractivity contribution in [1.82, 2.24) is 10.6 Å². The highest BCUT2D eigenvalue weighted by Crippen LogP contribution is 2.38. The number of ether oxygens (including phenoxy) is 1. The molecule has 25 heavy (non-hydrogen) atoms. The fraction of sp³-hybridized carbons (Fsp3) is 0.650. The number of rotatable bonds is 4. The molecule has 0 radical (unpaired) electrons. The van der Waals surface area contributed by atoms with Crippen LogP contribution in [0.1, 0.15) is 57.4 Å². The maximum Gasteiger partial charge on any atom is 0.315 e. The van der Waals surface area contributed by atoms with Gasteiger partial charge in [0, 0.05) is 18.7 Å². The Morgan fingerprint density at radius 2 is 2.00 bits per heavy atom. The van der Waals surface area contributed by atoms with Crippen LogP contribution in [0.3, 0.4) is 0 Å². The summed E-state index contributed by atoms with van der Waals surface area (Å²) in [6.07, 6.45) is 8.61. The molecule has 0 bridgehead atoms. The number of phenolic OH excluding ortho intramolecular Hbond substituents is 1. The number of phenols is 1. The summed E-state index contributed by atoms with van der Waals surface area (Å²) in [6, 6.07) is 7.26. The van der Waals surface area contributed by atoms with Gasteiger partial charge in [-0.05, 0) is 56.7 Å². The van der Waals surface area contributed by atoms with E-state index in [1.807, 2.05) is 19.1 Å². The molecule has 2 fully saturated rings. The summed E-state index contributed by atoms with van der Waals surface area (Å²) >= 11 is 0. The van der Waals surface area contributed by atoms with E-state index in [2.05, 4.69) is 10.6 Å². The molecular formula is C20H30N2O3. The van der Waals surface area contributed by atoms with Gasteiger partial charge in [-0.3, -0.25) is 0 Å². The van der Waals surface area contributed by atoms with E-state index >= 15 is 0 Å². The summed E-state index contributed by atoms with van der Waals surface area (Å²) in [4.78, 5) is 12.3. The molecule has 1 aliphatic carbocycles. The van der Waals surface area contributed by atoms with Crippen LogP contribution in [-0.4, -0.2) is 35.4 Å². The molecule has 3 rings (SSSR count). The quantitative estimate of drug-likeness (QED) is 0.781. The van der Waals surface area contributed by atoms with Gasteiger partial charge in [-0.25, -0.2) is 4.79 Å². The molecule has 0 aromatic heterocycles. The third-order valence-corrected chi connectivity index (χ3v) is 5.45. The van der Waals surface area contributed by atoms with Gasteiger partial charge in [0.1, 0.15) is 5.75 Å². The Labute approximate surface area is 150 Å². The van der Waals surface area contributed by atoms with Crippen molar-refractivity contribution in [3.8, 4) is 5.75 Å². The molecular weight excluding hydrogens is 316 g/mol. The molecule has 1 saturated heterocycles. The van der Waals surface area contributed by atoms with Gasteiger partial charge in [0.2, 0.25) is 0 Å². The highest BCUT2D eigenvalue weighted by molar-refractivity contribution is 5.74. The summed E-state index contributed by atoms with van der Waals surface area (Å²) in [5.74, 6) is 0.262. The highest BCUT2D eigenvalue weighted by Gasteiger charge is 2.38. The number of carbonyl (C=O) groups excluding carboxylic acids is 1. The van der Waals surface area contributed by atoms with E-state index in [1.54, 1.807) is 12.1 Å². The van der Waals surface area contributed by atoms with E-state index in [9.17, 15) is 9.90 Å². The van der Waals surface area contributed by atoms with Crippen LogP contribution in [-0.2, 0) is 11.2 Å². The fourth-order valence-electron chi connectivity index (χ4n) is 4.18. The number of benzene rings is 1. The third kappa shape index (κ3) is 5.11. The molecule has 1 aromatic carbocycles. The molecule has 5 heteroatoms. The first-order valence-electron chi connectivity index (χ1n) is 9.54. The molecule has 2 aliphatic rings. The Balaban J connectivity index is 1.45. The number of hydrogen-bond donors (Lipinski definition) is 3. The Morgan fingerprint density at radius 3 is 2.72 bits per heavy atom. The average molecular weight is 346 g/mol. The van der Waals surface area contributed by atoms with Crippen LogP contribution < -0.4 is 10.6 Å². The second-order valence-corrected chi connectivity index (χ2v) is 7.67. The Morgan fingerprint density at radius 1 is 1.28 bits per heavy atom. The predicted octanol–water partition coefficient (Wildman–Crippen LogP) is 3.50. The molecule has 3 N–H and O–H groups in total. The van der Waals surface area contributed by atoms with Crippen molar-refractivity contribution in [2.24, 2.45) is 0 Å². The van der Waals surface area contributed by atoms with E-state index in [4.69, 9.17) is 4.74 Å². The number of aromatic hydroxyl groups is 1. The third-order valence-electron chi connectivity index (χ3n) is 5.45. The zero-order valence-electron chi connectivity index (χ0n) is 15.1. The number of hydrogen-bond acceptors (Lipinski definition) is 3. The summed E-state index contributed by atoms with van der Waals surface area (Å²) in [6.45, 7) is 2.74. The summed E-state index contributed by atoms with van der Waals surface area (Å²) in [7, 11) is 0. The van der Waals surface area contributed by atoms with Crippen LogP contribution in [0.4, 0.5) is 4.79 Å². The van der Waals surface area contributed by atoms with Crippen molar-refractivity contribution in [1.29, 1.82) is 0 Å². The van der Waals surface area contributed by atoms with E-state index in [-0.39, 0.29) is 29.5 Å². The van der Waals surface area contributed by atoms with Gasteiger partial charge in [-0.2, -0.15) is 0 Å². The fourth-order valence-corrected chi connectivity index (χ4v) is 4.18. The van der Waals surface area contributed by atoms with E-state index in [0.717, 1.165) is 44.3 Å². The minimum atomic E-state index is -0.0934. The van der Waals surface area contributed by atoms with Gasteiger partial charge in [-0.15, -0.1) is 0 Å². The first-order valence-corrected chi connectivity index (χ1v) is 9.54. The number of urea groups is 1. The molecule has 2 atom stereocenters. The lowest BCUT2D eigenvalue weighted by Gasteiger charge is -2.43. The standard InChI is InChI=1S/C20H30N2O3/c1-15(13-16-5-7-18(23)8-6-16)21-19(24)22-17-9-12-25-20(14-17)10-3-2-4-11-20/h5-8,15,17,23H,2-4,9-14H2,1H3,(H2,21,22,24)/t15-,17-/m1/s1. The number of carbonyl (C=O) groups is 1. The Hall–Kier alpha value is -1.75. The van der Waals surface area contributed by atoms with Crippen molar-refractivity contribution in [3.63, 3.8) is 0 Å². The van der Waals surface area contributed by atoms with Crippen LogP contribution in [0.5, 0.6) is 5.75 Å². The second kappa shape index (κ2) is 8.09. The molecule has 1 saturated carbocycles. The van der Waals surface area contributed by atoms with Gasteiger partial charge in [0.25, 0.3) is 0 Å². The molecule has 0 unspecified atom stereocenters. The molecule has 5 nitrogen and oxygen atoms in total. The smallest absolute Gasteiger partial charge is 0.315 e. The average Bonchev–Trinajstić information content (AvgIpc) is 2.57. The monoisotopic (exact) mass is 346 g/mol. The van der Waals surface area contributed by atoms with Gasteiger partial charge in [-0.1, -0.05) is 31.4 Å². The zero-order valence-corrected chi connectivity index (χ0v) is 15.1. The second-order valence-electron chi connectivity index (χ2n) is 7.67. The molecule has 1 spiro atoms. The molecule has 1 heterocycles. The van der Waals surface area contributed by atoms with Crippen LogP contribution in [0.25, 0.3) is 0 Å². The minimum Gasteiger partial charge on any atom is -0.508 e. The molecule has 2 amide bonds. The lowest BCUT2D eigenvalue weighted by molar-refractivity contribution is -0.107. The Kier molecular flexibility index (Phi) is 5.84. The summed E-state index contributed by atoms with van der Waals surface area (Å²) < 4.78 is 6.10. The van der Waals surface area contributed by atoms with Crippen molar-refractivity contribution in [2.75, 3.05) is 6.61 Å². The maximum atomic E-state index is 12.3. The van der Waals surface area contributed by atoms with Gasteiger partial charge in [0.05, 0.1) is 5.60 Å². The molecule has 1 aromatic rings. The maximum absolute atomic E-state index is 12.3. The topological polar surface area (TPSA) is 70.6 Å². The van der Waals surface area contributed by atoms with E-state index < -0.39 is 0 Å². The number of amides is 2. The van der Waals surface area contributed by atoms with Gasteiger partial charge in [0.15, 0.2) is 0 Å². The predicted molar refractivity (Wildman–Crippen MR) is 97.7 cm³/mol. The van der Waals surface area contributed by atoms with Crippen LogP contribution in [0.15, 0.2) is 24.3 Å². The van der Waals surface area contributed by atoms with Gasteiger partial charge < -0.3 is 20.5 Å². The van der Waals surface area contributed by atoms with Crippen LogP contribution in [0, 0.1) is 0 Å². The lowest BCUT2D eigenvalue weighted by atomic mass is 9.78. The Bertz CT molecular complexity index is 561. The highest BCUT2D eigenvalue weighted by atomic mass is 16.5.